The lowest BCUT2D eigenvalue weighted by atomic mass is 10.2. The molecule has 9 heteroatoms. The standard InChI is InChI=1S/C18H27F2N5O.HI/c1-3-9-22-16(26)7-10-23-18(21-2)24-13-8-11-25(12-13)17-14(19)5-4-6-15(17)20;/h4-6,13H,3,7-12H2,1-2H3,(H,22,26)(H2,21,23,24);1H. The summed E-state index contributed by atoms with van der Waals surface area (Å²) in [5.74, 6) is -0.525. The zero-order valence-corrected chi connectivity index (χ0v) is 18.1. The van der Waals surface area contributed by atoms with Crippen LogP contribution in [0, 0.1) is 11.6 Å². The summed E-state index contributed by atoms with van der Waals surface area (Å²) in [6.07, 6.45) is 2.01. The van der Waals surface area contributed by atoms with Crippen molar-refractivity contribution in [1.29, 1.82) is 0 Å². The van der Waals surface area contributed by atoms with Crippen molar-refractivity contribution in [2.45, 2.75) is 32.2 Å². The number of hydrogen-bond donors (Lipinski definition) is 3. The highest BCUT2D eigenvalue weighted by Crippen LogP contribution is 2.26. The molecule has 1 atom stereocenters. The summed E-state index contributed by atoms with van der Waals surface area (Å²) in [7, 11) is 1.65. The van der Waals surface area contributed by atoms with Crippen LogP contribution in [0.5, 0.6) is 0 Å². The maximum absolute atomic E-state index is 13.9. The van der Waals surface area contributed by atoms with E-state index in [0.717, 1.165) is 12.8 Å². The lowest BCUT2D eigenvalue weighted by Gasteiger charge is -2.21. The van der Waals surface area contributed by atoms with E-state index in [0.29, 0.717) is 38.6 Å². The van der Waals surface area contributed by atoms with E-state index in [9.17, 15) is 13.6 Å². The van der Waals surface area contributed by atoms with Crippen molar-refractivity contribution >= 4 is 41.5 Å². The lowest BCUT2D eigenvalue weighted by molar-refractivity contribution is -0.120. The van der Waals surface area contributed by atoms with E-state index in [1.54, 1.807) is 11.9 Å². The van der Waals surface area contributed by atoms with Crippen LogP contribution in [-0.2, 0) is 4.79 Å². The van der Waals surface area contributed by atoms with Gasteiger partial charge in [0.1, 0.15) is 17.3 Å². The molecule has 1 aromatic rings. The molecule has 0 spiro atoms. The number of hydrogen-bond acceptors (Lipinski definition) is 3. The van der Waals surface area contributed by atoms with Gasteiger partial charge in [0.2, 0.25) is 5.91 Å². The molecule has 1 fully saturated rings. The summed E-state index contributed by atoms with van der Waals surface area (Å²) in [5.41, 5.74) is 0.0207. The first-order chi connectivity index (χ1) is 12.5. The summed E-state index contributed by atoms with van der Waals surface area (Å²) in [4.78, 5) is 17.4. The second-order valence-electron chi connectivity index (χ2n) is 6.25. The topological polar surface area (TPSA) is 68.8 Å². The van der Waals surface area contributed by atoms with E-state index in [4.69, 9.17) is 0 Å². The molecular formula is C18H28F2IN5O. The van der Waals surface area contributed by atoms with Crippen LogP contribution >= 0.6 is 24.0 Å². The Hall–Kier alpha value is -1.65. The molecule has 0 saturated carbocycles. The molecule has 1 aromatic carbocycles. The quantitative estimate of drug-likeness (QED) is 0.309. The highest BCUT2D eigenvalue weighted by atomic mass is 127. The third-order valence-electron chi connectivity index (χ3n) is 4.22. The lowest BCUT2D eigenvalue weighted by Crippen LogP contribution is -2.45. The highest BCUT2D eigenvalue weighted by Gasteiger charge is 2.27. The summed E-state index contributed by atoms with van der Waals surface area (Å²) < 4.78 is 27.8. The number of carbonyl (C=O) groups excluding carboxylic acids is 1. The molecule has 3 N–H and O–H groups in total. The number of rotatable bonds is 7. The number of nitrogens with one attached hydrogen (secondary N) is 3. The minimum atomic E-state index is -0.550. The van der Waals surface area contributed by atoms with Gasteiger partial charge in [0.25, 0.3) is 0 Å². The normalized spacial score (nSPS) is 16.7. The van der Waals surface area contributed by atoms with Gasteiger partial charge >= 0.3 is 0 Å². The molecular weight excluding hydrogens is 467 g/mol. The Morgan fingerprint density at radius 1 is 1.26 bits per heavy atom. The van der Waals surface area contributed by atoms with E-state index >= 15 is 0 Å². The predicted molar refractivity (Wildman–Crippen MR) is 115 cm³/mol. The van der Waals surface area contributed by atoms with Crippen LogP contribution in [0.25, 0.3) is 0 Å². The number of para-hydroxylation sites is 1. The zero-order valence-electron chi connectivity index (χ0n) is 15.7. The van der Waals surface area contributed by atoms with Gasteiger partial charge in [-0.3, -0.25) is 9.79 Å². The number of carbonyl (C=O) groups is 1. The molecule has 1 aliphatic rings. The highest BCUT2D eigenvalue weighted by molar-refractivity contribution is 14.0. The van der Waals surface area contributed by atoms with Crippen LogP contribution < -0.4 is 20.9 Å². The first kappa shape index (κ1) is 23.4. The number of guanidine groups is 1. The van der Waals surface area contributed by atoms with Crippen molar-refractivity contribution < 1.29 is 13.6 Å². The van der Waals surface area contributed by atoms with Crippen LogP contribution in [0.15, 0.2) is 23.2 Å². The monoisotopic (exact) mass is 495 g/mol. The maximum Gasteiger partial charge on any atom is 0.221 e. The van der Waals surface area contributed by atoms with Crippen LogP contribution in [0.4, 0.5) is 14.5 Å². The number of halogens is 3. The van der Waals surface area contributed by atoms with Crippen LogP contribution in [0.2, 0.25) is 0 Å². The molecule has 0 radical (unpaired) electrons. The van der Waals surface area contributed by atoms with Crippen molar-refractivity contribution in [3.8, 4) is 0 Å². The zero-order chi connectivity index (χ0) is 18.9. The fraction of sp³-hybridized carbons (Fsp3) is 0.556. The molecule has 6 nitrogen and oxygen atoms in total. The number of amides is 1. The van der Waals surface area contributed by atoms with Crippen molar-refractivity contribution in [2.24, 2.45) is 4.99 Å². The van der Waals surface area contributed by atoms with Gasteiger partial charge in [-0.2, -0.15) is 0 Å². The Morgan fingerprint density at radius 2 is 1.96 bits per heavy atom. The van der Waals surface area contributed by atoms with Gasteiger partial charge in [0.05, 0.1) is 0 Å². The largest absolute Gasteiger partial charge is 0.365 e. The smallest absolute Gasteiger partial charge is 0.221 e. The van der Waals surface area contributed by atoms with Gasteiger partial charge < -0.3 is 20.9 Å². The average Bonchev–Trinajstić information content (AvgIpc) is 3.07. The molecule has 1 unspecified atom stereocenters. The minimum absolute atomic E-state index is 0. The Morgan fingerprint density at radius 3 is 2.59 bits per heavy atom. The van der Waals surface area contributed by atoms with Crippen molar-refractivity contribution in [3.63, 3.8) is 0 Å². The SMILES string of the molecule is CCCNC(=O)CCNC(=NC)NC1CCN(c2c(F)cccc2F)C1.I. The first-order valence-corrected chi connectivity index (χ1v) is 8.98. The molecule has 0 bridgehead atoms. The molecule has 1 amide bonds. The summed E-state index contributed by atoms with van der Waals surface area (Å²) in [6.45, 7) is 4.19. The Balaban J connectivity index is 0.00000364. The minimum Gasteiger partial charge on any atom is -0.365 e. The molecule has 0 aromatic heterocycles. The van der Waals surface area contributed by atoms with E-state index in [1.807, 2.05) is 6.92 Å². The average molecular weight is 495 g/mol. The van der Waals surface area contributed by atoms with Crippen LogP contribution in [0.3, 0.4) is 0 Å². The van der Waals surface area contributed by atoms with Crippen molar-refractivity contribution in [3.05, 3.63) is 29.8 Å². The number of benzene rings is 1. The maximum atomic E-state index is 13.9. The van der Waals surface area contributed by atoms with Gasteiger partial charge in [0, 0.05) is 45.7 Å². The molecule has 1 heterocycles. The Kier molecular flexibility index (Phi) is 10.3. The van der Waals surface area contributed by atoms with Gasteiger partial charge in [-0.25, -0.2) is 8.78 Å². The van der Waals surface area contributed by atoms with E-state index in [-0.39, 0.29) is 41.6 Å². The number of nitrogens with zero attached hydrogens (tertiary/aromatic N) is 2. The number of anilines is 1. The Bertz CT molecular complexity index is 624. The third kappa shape index (κ3) is 7.11. The fourth-order valence-electron chi connectivity index (χ4n) is 2.91. The fourth-order valence-corrected chi connectivity index (χ4v) is 2.91. The molecule has 1 aliphatic heterocycles. The number of aliphatic imine (C=N–C) groups is 1. The second-order valence-corrected chi connectivity index (χ2v) is 6.25. The first-order valence-electron chi connectivity index (χ1n) is 8.98. The predicted octanol–water partition coefficient (Wildman–Crippen LogP) is 2.24. The van der Waals surface area contributed by atoms with Gasteiger partial charge in [-0.15, -0.1) is 24.0 Å². The summed E-state index contributed by atoms with van der Waals surface area (Å²) >= 11 is 0. The van der Waals surface area contributed by atoms with Crippen molar-refractivity contribution in [2.75, 3.05) is 38.1 Å². The molecule has 1 saturated heterocycles. The van der Waals surface area contributed by atoms with Gasteiger partial charge in [-0.1, -0.05) is 13.0 Å². The van der Waals surface area contributed by atoms with Crippen LogP contribution in [-0.4, -0.2) is 51.1 Å². The Labute approximate surface area is 176 Å². The molecule has 2 rings (SSSR count). The molecule has 152 valence electrons. The third-order valence-corrected chi connectivity index (χ3v) is 4.22. The summed E-state index contributed by atoms with van der Waals surface area (Å²) in [6, 6.07) is 3.92. The van der Waals surface area contributed by atoms with Crippen molar-refractivity contribution in [1.82, 2.24) is 16.0 Å². The van der Waals surface area contributed by atoms with E-state index in [2.05, 4.69) is 20.9 Å². The van der Waals surface area contributed by atoms with E-state index in [1.165, 1.54) is 18.2 Å². The summed E-state index contributed by atoms with van der Waals surface area (Å²) in [5, 5.41) is 9.15. The second kappa shape index (κ2) is 11.9. The van der Waals surface area contributed by atoms with Gasteiger partial charge in [0.15, 0.2) is 5.96 Å². The molecule has 27 heavy (non-hydrogen) atoms. The van der Waals surface area contributed by atoms with Crippen LogP contribution in [0.1, 0.15) is 26.2 Å². The molecule has 0 aliphatic carbocycles. The van der Waals surface area contributed by atoms with Gasteiger partial charge in [-0.05, 0) is 25.0 Å². The van der Waals surface area contributed by atoms with E-state index < -0.39 is 11.6 Å².